The van der Waals surface area contributed by atoms with Crippen molar-refractivity contribution in [1.82, 2.24) is 0 Å². The van der Waals surface area contributed by atoms with Gasteiger partial charge in [-0.2, -0.15) is 0 Å². The van der Waals surface area contributed by atoms with Crippen molar-refractivity contribution in [2.24, 2.45) is 5.73 Å². The minimum absolute atomic E-state index is 0.114. The maximum absolute atomic E-state index is 9.48. The number of phenols is 1. The number of halogens is 2. The van der Waals surface area contributed by atoms with Crippen LogP contribution in [0.3, 0.4) is 0 Å². The van der Waals surface area contributed by atoms with E-state index in [-0.39, 0.29) is 21.8 Å². The van der Waals surface area contributed by atoms with E-state index in [9.17, 15) is 5.11 Å². The molecule has 17 heavy (non-hydrogen) atoms. The van der Waals surface area contributed by atoms with Gasteiger partial charge < -0.3 is 10.8 Å². The van der Waals surface area contributed by atoms with Gasteiger partial charge in [0.15, 0.2) is 5.75 Å². The van der Waals surface area contributed by atoms with Gasteiger partial charge in [-0.1, -0.05) is 53.5 Å². The molecule has 0 aromatic heterocycles. The summed E-state index contributed by atoms with van der Waals surface area (Å²) in [6, 6.07) is 12.6. The molecule has 1 atom stereocenters. The van der Waals surface area contributed by atoms with Crippen molar-refractivity contribution >= 4 is 23.2 Å². The van der Waals surface area contributed by atoms with Gasteiger partial charge in [0, 0.05) is 0 Å². The van der Waals surface area contributed by atoms with Gasteiger partial charge in [-0.25, -0.2) is 0 Å². The van der Waals surface area contributed by atoms with Crippen LogP contribution in [0.1, 0.15) is 17.2 Å². The van der Waals surface area contributed by atoms with E-state index in [0.717, 1.165) is 11.1 Å². The van der Waals surface area contributed by atoms with Crippen LogP contribution in [0.4, 0.5) is 0 Å². The Morgan fingerprint density at radius 2 is 1.47 bits per heavy atom. The number of rotatable bonds is 2. The molecule has 2 aromatic carbocycles. The highest BCUT2D eigenvalue weighted by molar-refractivity contribution is 6.37. The summed E-state index contributed by atoms with van der Waals surface area (Å²) in [5.74, 6) is -0.114. The predicted molar refractivity (Wildman–Crippen MR) is 70.6 cm³/mol. The molecule has 2 aromatic rings. The molecule has 0 spiro atoms. The third-order valence-electron chi connectivity index (χ3n) is 2.56. The van der Waals surface area contributed by atoms with Crippen LogP contribution >= 0.6 is 23.2 Å². The summed E-state index contributed by atoms with van der Waals surface area (Å²) in [6.45, 7) is 0. The van der Waals surface area contributed by atoms with Crippen LogP contribution in [0, 0.1) is 0 Å². The second-order valence-electron chi connectivity index (χ2n) is 3.72. The molecule has 0 saturated heterocycles. The Hall–Kier alpha value is -1.22. The van der Waals surface area contributed by atoms with E-state index in [4.69, 9.17) is 28.9 Å². The molecular formula is C13H11Cl2NO. The first-order chi connectivity index (χ1) is 8.09. The Labute approximate surface area is 110 Å². The minimum atomic E-state index is -0.313. The number of benzene rings is 2. The minimum Gasteiger partial charge on any atom is -0.505 e. The molecular weight excluding hydrogens is 257 g/mol. The van der Waals surface area contributed by atoms with Crippen molar-refractivity contribution in [3.8, 4) is 5.75 Å². The Kier molecular flexibility index (Phi) is 3.57. The molecule has 0 radical (unpaired) electrons. The lowest BCUT2D eigenvalue weighted by Crippen LogP contribution is -2.11. The van der Waals surface area contributed by atoms with Crippen LogP contribution < -0.4 is 5.73 Å². The summed E-state index contributed by atoms with van der Waals surface area (Å²) in [7, 11) is 0. The number of hydrogen-bond donors (Lipinski definition) is 2. The molecule has 1 unspecified atom stereocenters. The molecule has 0 amide bonds. The molecule has 88 valence electrons. The van der Waals surface area contributed by atoms with Gasteiger partial charge in [0.05, 0.1) is 16.1 Å². The van der Waals surface area contributed by atoms with Gasteiger partial charge in [0.25, 0.3) is 0 Å². The molecule has 0 aliphatic rings. The Balaban J connectivity index is 2.41. The lowest BCUT2D eigenvalue weighted by Gasteiger charge is -2.14. The molecule has 2 nitrogen and oxygen atoms in total. The molecule has 0 fully saturated rings. The molecule has 3 N–H and O–H groups in total. The van der Waals surface area contributed by atoms with Gasteiger partial charge >= 0.3 is 0 Å². The second-order valence-corrected chi connectivity index (χ2v) is 4.54. The lowest BCUT2D eigenvalue weighted by atomic mass is 10.00. The highest BCUT2D eigenvalue weighted by Crippen LogP contribution is 2.35. The average Bonchev–Trinajstić information content (AvgIpc) is 2.35. The number of hydrogen-bond acceptors (Lipinski definition) is 2. The fourth-order valence-corrected chi connectivity index (χ4v) is 2.12. The van der Waals surface area contributed by atoms with Crippen molar-refractivity contribution < 1.29 is 5.11 Å². The monoisotopic (exact) mass is 267 g/mol. The molecule has 4 heteroatoms. The molecule has 0 aliphatic heterocycles. The first-order valence-electron chi connectivity index (χ1n) is 5.08. The summed E-state index contributed by atoms with van der Waals surface area (Å²) in [5, 5.41) is 9.89. The van der Waals surface area contributed by atoms with Crippen LogP contribution in [0.5, 0.6) is 5.75 Å². The molecule has 0 bridgehead atoms. The molecule has 2 rings (SSSR count). The maximum atomic E-state index is 9.48. The van der Waals surface area contributed by atoms with Crippen LogP contribution in [0.15, 0.2) is 42.5 Å². The average molecular weight is 268 g/mol. The Morgan fingerprint density at radius 3 is 2.00 bits per heavy atom. The van der Waals surface area contributed by atoms with Gasteiger partial charge in [-0.3, -0.25) is 0 Å². The number of phenolic OH excluding ortho intramolecular Hbond substituents is 1. The number of nitrogens with two attached hydrogens (primary N) is 1. The topological polar surface area (TPSA) is 46.2 Å². The smallest absolute Gasteiger partial charge is 0.152 e. The highest BCUT2D eigenvalue weighted by Gasteiger charge is 2.13. The van der Waals surface area contributed by atoms with Crippen molar-refractivity contribution in [3.63, 3.8) is 0 Å². The zero-order chi connectivity index (χ0) is 12.4. The number of aromatic hydroxyl groups is 1. The van der Waals surface area contributed by atoms with Crippen LogP contribution in [0.2, 0.25) is 10.0 Å². The van der Waals surface area contributed by atoms with Crippen molar-refractivity contribution in [3.05, 3.63) is 63.6 Å². The lowest BCUT2D eigenvalue weighted by molar-refractivity contribution is 0.475. The first kappa shape index (κ1) is 12.2. The van der Waals surface area contributed by atoms with E-state index in [1.165, 1.54) is 0 Å². The molecule has 0 saturated carbocycles. The Bertz CT molecular complexity index is 505. The maximum Gasteiger partial charge on any atom is 0.152 e. The van der Waals surface area contributed by atoms with E-state index in [2.05, 4.69) is 0 Å². The molecule has 0 aliphatic carbocycles. The summed E-state index contributed by atoms with van der Waals surface area (Å²) in [5.41, 5.74) is 7.84. The standard InChI is InChI=1S/C13H11Cl2NO/c14-10-6-9(7-11(15)13(10)17)12(16)8-4-2-1-3-5-8/h1-7,12,17H,16H2. The Morgan fingerprint density at radius 1 is 0.941 bits per heavy atom. The fraction of sp³-hybridized carbons (Fsp3) is 0.0769. The van der Waals surface area contributed by atoms with Crippen molar-refractivity contribution in [1.29, 1.82) is 0 Å². The summed E-state index contributed by atoms with van der Waals surface area (Å²) in [6.07, 6.45) is 0. The van der Waals surface area contributed by atoms with E-state index < -0.39 is 0 Å². The zero-order valence-electron chi connectivity index (χ0n) is 8.90. The third kappa shape index (κ3) is 2.55. The van der Waals surface area contributed by atoms with Gasteiger partial charge in [0.1, 0.15) is 0 Å². The van der Waals surface area contributed by atoms with Gasteiger partial charge in [-0.15, -0.1) is 0 Å². The quantitative estimate of drug-likeness (QED) is 0.871. The van der Waals surface area contributed by atoms with E-state index in [1.54, 1.807) is 12.1 Å². The van der Waals surface area contributed by atoms with Crippen LogP contribution in [-0.4, -0.2) is 5.11 Å². The van der Waals surface area contributed by atoms with Crippen LogP contribution in [0.25, 0.3) is 0 Å². The summed E-state index contributed by atoms with van der Waals surface area (Å²) >= 11 is 11.7. The predicted octanol–water partition coefficient (Wildman–Crippen LogP) is 3.75. The zero-order valence-corrected chi connectivity index (χ0v) is 10.4. The summed E-state index contributed by atoms with van der Waals surface area (Å²) in [4.78, 5) is 0. The third-order valence-corrected chi connectivity index (χ3v) is 3.13. The molecule has 0 heterocycles. The van der Waals surface area contributed by atoms with Gasteiger partial charge in [-0.05, 0) is 23.3 Å². The largest absolute Gasteiger partial charge is 0.505 e. The van der Waals surface area contributed by atoms with E-state index >= 15 is 0 Å². The van der Waals surface area contributed by atoms with E-state index in [0.29, 0.717) is 0 Å². The highest BCUT2D eigenvalue weighted by atomic mass is 35.5. The van der Waals surface area contributed by atoms with E-state index in [1.807, 2.05) is 30.3 Å². The fourth-order valence-electron chi connectivity index (χ4n) is 1.62. The van der Waals surface area contributed by atoms with Gasteiger partial charge in [0.2, 0.25) is 0 Å². The summed E-state index contributed by atoms with van der Waals surface area (Å²) < 4.78 is 0. The van der Waals surface area contributed by atoms with Crippen molar-refractivity contribution in [2.75, 3.05) is 0 Å². The second kappa shape index (κ2) is 4.96. The first-order valence-corrected chi connectivity index (χ1v) is 5.83. The normalized spacial score (nSPS) is 12.4. The van der Waals surface area contributed by atoms with Crippen LogP contribution in [-0.2, 0) is 0 Å². The van der Waals surface area contributed by atoms with Crippen molar-refractivity contribution in [2.45, 2.75) is 6.04 Å². The SMILES string of the molecule is NC(c1ccccc1)c1cc(Cl)c(O)c(Cl)c1.